The third-order valence-corrected chi connectivity index (χ3v) is 7.61. The highest BCUT2D eigenvalue weighted by molar-refractivity contribution is 6.30. The van der Waals surface area contributed by atoms with Crippen molar-refractivity contribution in [2.24, 2.45) is 5.92 Å². The molecular weight excluding hydrogens is 426 g/mol. The molecular formula is C25H36ClN3O3. The molecule has 3 fully saturated rings. The number of piperidine rings is 2. The lowest BCUT2D eigenvalue weighted by molar-refractivity contribution is -0.135. The molecule has 0 radical (unpaired) electrons. The summed E-state index contributed by atoms with van der Waals surface area (Å²) in [6.07, 6.45) is 9.98. The first kappa shape index (κ1) is 23.4. The Hall–Kier alpha value is -1.79. The lowest BCUT2D eigenvalue weighted by Gasteiger charge is -2.41. The highest BCUT2D eigenvalue weighted by Crippen LogP contribution is 2.25. The number of carbonyl (C=O) groups excluding carboxylic acids is 2. The van der Waals surface area contributed by atoms with Crippen molar-refractivity contribution >= 4 is 23.4 Å². The molecule has 32 heavy (non-hydrogen) atoms. The van der Waals surface area contributed by atoms with Crippen LogP contribution in [0, 0.1) is 5.92 Å². The Bertz CT molecular complexity index is 750. The summed E-state index contributed by atoms with van der Waals surface area (Å²) >= 11 is 5.88. The third kappa shape index (κ3) is 6.38. The molecule has 1 aromatic carbocycles. The van der Waals surface area contributed by atoms with E-state index in [0.717, 1.165) is 64.7 Å². The molecule has 4 rings (SSSR count). The molecule has 0 bridgehead atoms. The van der Waals surface area contributed by atoms with Gasteiger partial charge < -0.3 is 19.9 Å². The minimum Gasteiger partial charge on any atom is -0.484 e. The Morgan fingerprint density at radius 1 is 0.906 bits per heavy atom. The molecule has 3 aliphatic rings. The first-order valence-corrected chi connectivity index (χ1v) is 12.7. The second-order valence-electron chi connectivity index (χ2n) is 9.51. The Balaban J connectivity index is 1.14. The average Bonchev–Trinajstić information content (AvgIpc) is 2.84. The fraction of sp³-hybridized carbons (Fsp3) is 0.680. The van der Waals surface area contributed by atoms with E-state index in [9.17, 15) is 9.59 Å². The summed E-state index contributed by atoms with van der Waals surface area (Å²) < 4.78 is 5.61. The van der Waals surface area contributed by atoms with Crippen molar-refractivity contribution < 1.29 is 14.3 Å². The second-order valence-corrected chi connectivity index (χ2v) is 9.94. The predicted molar refractivity (Wildman–Crippen MR) is 126 cm³/mol. The van der Waals surface area contributed by atoms with Crippen LogP contribution in [0.25, 0.3) is 0 Å². The van der Waals surface area contributed by atoms with Crippen LogP contribution >= 0.6 is 11.6 Å². The summed E-state index contributed by atoms with van der Waals surface area (Å²) in [5.74, 6) is 1.14. The molecule has 2 aliphatic heterocycles. The van der Waals surface area contributed by atoms with E-state index in [-0.39, 0.29) is 24.3 Å². The molecule has 0 aromatic heterocycles. The summed E-state index contributed by atoms with van der Waals surface area (Å²) in [5.41, 5.74) is 0. The normalized spacial score (nSPS) is 22.0. The molecule has 6 nitrogen and oxygen atoms in total. The van der Waals surface area contributed by atoms with E-state index in [0.29, 0.717) is 22.9 Å². The summed E-state index contributed by atoms with van der Waals surface area (Å²) in [6.45, 7) is 3.58. The highest BCUT2D eigenvalue weighted by Gasteiger charge is 2.32. The molecule has 2 heterocycles. The highest BCUT2D eigenvalue weighted by atomic mass is 35.5. The maximum Gasteiger partial charge on any atom is 0.260 e. The van der Waals surface area contributed by atoms with Crippen LogP contribution in [0.5, 0.6) is 5.75 Å². The van der Waals surface area contributed by atoms with Gasteiger partial charge in [0, 0.05) is 36.1 Å². The van der Waals surface area contributed by atoms with Crippen molar-refractivity contribution in [1.82, 2.24) is 15.1 Å². The van der Waals surface area contributed by atoms with Crippen molar-refractivity contribution in [3.63, 3.8) is 0 Å². The zero-order chi connectivity index (χ0) is 22.3. The fourth-order valence-corrected chi connectivity index (χ4v) is 5.47. The topological polar surface area (TPSA) is 61.9 Å². The molecule has 1 aromatic rings. The number of carbonyl (C=O) groups is 2. The standard InChI is InChI=1S/C25H36ClN3O3/c26-20-6-8-23(9-7-20)32-18-24(30)29-16-12-22(13-17-29)28-14-10-19(11-15-28)25(31)27-21-4-2-1-3-5-21/h6-9,19,21-22H,1-5,10-18H2,(H,27,31). The van der Waals surface area contributed by atoms with Gasteiger partial charge in [0.1, 0.15) is 5.75 Å². The van der Waals surface area contributed by atoms with E-state index in [1.165, 1.54) is 19.3 Å². The second kappa shape index (κ2) is 11.4. The third-order valence-electron chi connectivity index (χ3n) is 7.36. The monoisotopic (exact) mass is 461 g/mol. The minimum atomic E-state index is 0.0384. The molecule has 0 spiro atoms. The van der Waals surface area contributed by atoms with E-state index < -0.39 is 0 Å². The number of nitrogens with one attached hydrogen (secondary N) is 1. The van der Waals surface area contributed by atoms with Gasteiger partial charge in [0.05, 0.1) is 0 Å². The Kier molecular flexibility index (Phi) is 8.31. The van der Waals surface area contributed by atoms with Gasteiger partial charge in [0.25, 0.3) is 5.91 Å². The minimum absolute atomic E-state index is 0.0384. The maximum atomic E-state index is 12.7. The van der Waals surface area contributed by atoms with Crippen molar-refractivity contribution in [2.75, 3.05) is 32.8 Å². The van der Waals surface area contributed by atoms with Gasteiger partial charge in [0.15, 0.2) is 6.61 Å². The number of amides is 2. The van der Waals surface area contributed by atoms with E-state index in [1.807, 2.05) is 4.90 Å². The predicted octanol–water partition coefficient (Wildman–Crippen LogP) is 3.87. The first-order chi connectivity index (χ1) is 15.6. The van der Waals surface area contributed by atoms with Crippen molar-refractivity contribution in [3.05, 3.63) is 29.3 Å². The number of hydrogen-bond donors (Lipinski definition) is 1. The van der Waals surface area contributed by atoms with E-state index in [2.05, 4.69) is 10.2 Å². The molecule has 2 amide bonds. The SMILES string of the molecule is O=C(NC1CCCCC1)C1CCN(C2CCN(C(=O)COc3ccc(Cl)cc3)CC2)CC1. The van der Waals surface area contributed by atoms with Crippen LogP contribution in [0.15, 0.2) is 24.3 Å². The van der Waals surface area contributed by atoms with Crippen molar-refractivity contribution in [2.45, 2.75) is 69.9 Å². The first-order valence-electron chi connectivity index (χ1n) is 12.3. The maximum absolute atomic E-state index is 12.7. The van der Waals surface area contributed by atoms with Crippen LogP contribution in [0.1, 0.15) is 57.8 Å². The van der Waals surface area contributed by atoms with Gasteiger partial charge in [0.2, 0.25) is 5.91 Å². The van der Waals surface area contributed by atoms with Crippen LogP contribution in [0.3, 0.4) is 0 Å². The Morgan fingerprint density at radius 2 is 1.56 bits per heavy atom. The van der Waals surface area contributed by atoms with Gasteiger partial charge in [-0.15, -0.1) is 0 Å². The molecule has 2 saturated heterocycles. The van der Waals surface area contributed by atoms with Gasteiger partial charge in [-0.3, -0.25) is 9.59 Å². The number of rotatable bonds is 6. The summed E-state index contributed by atoms with van der Waals surface area (Å²) in [7, 11) is 0. The zero-order valence-electron chi connectivity index (χ0n) is 18.9. The van der Waals surface area contributed by atoms with Gasteiger partial charge in [-0.1, -0.05) is 30.9 Å². The number of likely N-dealkylation sites (tertiary alicyclic amines) is 2. The van der Waals surface area contributed by atoms with Crippen LogP contribution in [0.2, 0.25) is 5.02 Å². The largest absolute Gasteiger partial charge is 0.484 e. The van der Waals surface area contributed by atoms with Crippen LogP contribution in [0.4, 0.5) is 0 Å². The fourth-order valence-electron chi connectivity index (χ4n) is 5.34. The summed E-state index contributed by atoms with van der Waals surface area (Å²) in [6, 6.07) is 7.99. The van der Waals surface area contributed by atoms with Gasteiger partial charge >= 0.3 is 0 Å². The zero-order valence-corrected chi connectivity index (χ0v) is 19.7. The summed E-state index contributed by atoms with van der Waals surface area (Å²) in [5, 5.41) is 3.96. The van der Waals surface area contributed by atoms with Crippen LogP contribution in [-0.2, 0) is 9.59 Å². The van der Waals surface area contributed by atoms with Crippen LogP contribution in [-0.4, -0.2) is 66.5 Å². The molecule has 0 atom stereocenters. The molecule has 7 heteroatoms. The molecule has 176 valence electrons. The quantitative estimate of drug-likeness (QED) is 0.698. The molecule has 1 saturated carbocycles. The van der Waals surface area contributed by atoms with Crippen LogP contribution < -0.4 is 10.1 Å². The average molecular weight is 462 g/mol. The number of halogens is 1. The summed E-state index contributed by atoms with van der Waals surface area (Å²) in [4.78, 5) is 29.6. The van der Waals surface area contributed by atoms with Crippen molar-refractivity contribution in [3.8, 4) is 5.75 Å². The smallest absolute Gasteiger partial charge is 0.260 e. The van der Waals surface area contributed by atoms with E-state index in [1.54, 1.807) is 24.3 Å². The molecule has 1 N–H and O–H groups in total. The van der Waals surface area contributed by atoms with E-state index in [4.69, 9.17) is 16.3 Å². The number of ether oxygens (including phenoxy) is 1. The lowest BCUT2D eigenvalue weighted by atomic mass is 9.91. The van der Waals surface area contributed by atoms with Gasteiger partial charge in [-0.05, 0) is 75.9 Å². The molecule has 1 aliphatic carbocycles. The van der Waals surface area contributed by atoms with Gasteiger partial charge in [-0.25, -0.2) is 0 Å². The van der Waals surface area contributed by atoms with Crippen molar-refractivity contribution in [1.29, 1.82) is 0 Å². The Labute approximate surface area is 196 Å². The number of nitrogens with zero attached hydrogens (tertiary/aromatic N) is 2. The number of benzene rings is 1. The van der Waals surface area contributed by atoms with Gasteiger partial charge in [-0.2, -0.15) is 0 Å². The van der Waals surface area contributed by atoms with E-state index >= 15 is 0 Å². The Morgan fingerprint density at radius 3 is 2.22 bits per heavy atom. The molecule has 0 unspecified atom stereocenters. The number of hydrogen-bond acceptors (Lipinski definition) is 4. The lowest BCUT2D eigenvalue weighted by Crippen LogP contribution is -2.51.